The van der Waals surface area contributed by atoms with Crippen molar-refractivity contribution in [3.63, 3.8) is 0 Å². The first-order valence-corrected chi connectivity index (χ1v) is 4.74. The number of halogens is 1. The van der Waals surface area contributed by atoms with E-state index in [1.807, 2.05) is 5.43 Å². The maximum atomic E-state index is 12.7. The Labute approximate surface area is 96.0 Å². The van der Waals surface area contributed by atoms with Crippen molar-refractivity contribution in [1.29, 1.82) is 0 Å². The van der Waals surface area contributed by atoms with Gasteiger partial charge in [0.15, 0.2) is 0 Å². The molecule has 0 radical (unpaired) electrons. The molecule has 0 bridgehead atoms. The van der Waals surface area contributed by atoms with Crippen LogP contribution in [-0.4, -0.2) is 15.7 Å². The van der Waals surface area contributed by atoms with Crippen molar-refractivity contribution in [1.82, 2.24) is 15.2 Å². The third kappa shape index (κ3) is 1.95. The Morgan fingerprint density at radius 3 is 2.59 bits per heavy atom. The molecule has 0 aliphatic carbocycles. The van der Waals surface area contributed by atoms with E-state index in [4.69, 9.17) is 11.6 Å². The maximum Gasteiger partial charge on any atom is 0.270 e. The van der Waals surface area contributed by atoms with E-state index in [2.05, 4.69) is 5.10 Å². The molecule has 1 amide bonds. The van der Waals surface area contributed by atoms with E-state index in [0.717, 1.165) is 0 Å². The van der Waals surface area contributed by atoms with E-state index >= 15 is 0 Å². The highest BCUT2D eigenvalue weighted by atomic mass is 19.1. The number of carbonyl (C=O) groups is 1. The molecule has 6 nitrogen and oxygen atoms in total. The quantitative estimate of drug-likeness (QED) is 0.393. The predicted octanol–water partition coefficient (Wildman–Crippen LogP) is 0.197. The molecule has 0 spiro atoms. The van der Waals surface area contributed by atoms with Gasteiger partial charge in [-0.15, -0.1) is 0 Å². The molecule has 0 saturated carbocycles. The summed E-state index contributed by atoms with van der Waals surface area (Å²) < 4.78 is 14.1. The van der Waals surface area contributed by atoms with Crippen LogP contribution in [0, 0.1) is 5.82 Å². The fourth-order valence-corrected chi connectivity index (χ4v) is 1.40. The highest BCUT2D eigenvalue weighted by Crippen LogP contribution is 2.17. The molecule has 0 atom stereocenters. The minimum Gasteiger partial charge on any atom is -0.383 e. The number of anilines is 1. The SMILES string of the molecule is NNC(=O)c1cnn(-c2ccc(F)cc2)c1N. The van der Waals surface area contributed by atoms with Crippen LogP contribution in [0.3, 0.4) is 0 Å². The zero-order valence-electron chi connectivity index (χ0n) is 8.72. The number of hydrogen-bond donors (Lipinski definition) is 3. The van der Waals surface area contributed by atoms with Crippen molar-refractivity contribution in [3.8, 4) is 5.69 Å². The summed E-state index contributed by atoms with van der Waals surface area (Å²) >= 11 is 0. The average molecular weight is 235 g/mol. The summed E-state index contributed by atoms with van der Waals surface area (Å²) in [5, 5.41) is 3.94. The summed E-state index contributed by atoms with van der Waals surface area (Å²) in [5.74, 6) is 4.24. The van der Waals surface area contributed by atoms with Gasteiger partial charge in [0.1, 0.15) is 17.2 Å². The second-order valence-corrected chi connectivity index (χ2v) is 3.31. The van der Waals surface area contributed by atoms with Gasteiger partial charge >= 0.3 is 0 Å². The normalized spacial score (nSPS) is 10.2. The lowest BCUT2D eigenvalue weighted by molar-refractivity contribution is 0.0954. The predicted molar refractivity (Wildman–Crippen MR) is 59.6 cm³/mol. The largest absolute Gasteiger partial charge is 0.383 e. The summed E-state index contributed by atoms with van der Waals surface area (Å²) in [7, 11) is 0. The van der Waals surface area contributed by atoms with Crippen molar-refractivity contribution in [2.45, 2.75) is 0 Å². The number of hydrazine groups is 1. The number of rotatable bonds is 2. The number of aromatic nitrogens is 2. The molecule has 88 valence electrons. The number of nitrogens with two attached hydrogens (primary N) is 2. The number of benzene rings is 1. The number of nitrogens with zero attached hydrogens (tertiary/aromatic N) is 2. The molecule has 17 heavy (non-hydrogen) atoms. The number of carbonyl (C=O) groups excluding carboxylic acids is 1. The summed E-state index contributed by atoms with van der Waals surface area (Å²) in [6, 6.07) is 5.56. The Morgan fingerprint density at radius 1 is 1.35 bits per heavy atom. The van der Waals surface area contributed by atoms with E-state index in [9.17, 15) is 9.18 Å². The molecule has 0 unspecified atom stereocenters. The molecular formula is C10H10FN5O. The average Bonchev–Trinajstić information content (AvgIpc) is 2.71. The monoisotopic (exact) mass is 235 g/mol. The van der Waals surface area contributed by atoms with Gasteiger partial charge in [0, 0.05) is 0 Å². The van der Waals surface area contributed by atoms with E-state index < -0.39 is 5.91 Å². The highest BCUT2D eigenvalue weighted by Gasteiger charge is 2.14. The fraction of sp³-hybridized carbons (Fsp3) is 0. The van der Waals surface area contributed by atoms with Crippen LogP contribution in [-0.2, 0) is 0 Å². The lowest BCUT2D eigenvalue weighted by Gasteiger charge is -2.04. The second-order valence-electron chi connectivity index (χ2n) is 3.31. The van der Waals surface area contributed by atoms with Crippen LogP contribution < -0.4 is 17.0 Å². The van der Waals surface area contributed by atoms with Crippen molar-refractivity contribution < 1.29 is 9.18 Å². The zero-order chi connectivity index (χ0) is 12.4. The minimum absolute atomic E-state index is 0.138. The van der Waals surface area contributed by atoms with Crippen molar-refractivity contribution in [3.05, 3.63) is 41.8 Å². The van der Waals surface area contributed by atoms with Crippen LogP contribution >= 0.6 is 0 Å². The number of amides is 1. The molecule has 2 aromatic rings. The summed E-state index contributed by atoms with van der Waals surface area (Å²) in [6.45, 7) is 0. The summed E-state index contributed by atoms with van der Waals surface area (Å²) in [6.07, 6.45) is 1.29. The Morgan fingerprint density at radius 2 is 2.00 bits per heavy atom. The van der Waals surface area contributed by atoms with E-state index in [1.54, 1.807) is 0 Å². The Kier molecular flexibility index (Phi) is 2.75. The summed E-state index contributed by atoms with van der Waals surface area (Å²) in [4.78, 5) is 11.3. The van der Waals surface area contributed by atoms with Crippen LogP contribution in [0.2, 0.25) is 0 Å². The first kappa shape index (κ1) is 11.1. The van der Waals surface area contributed by atoms with Crippen LogP contribution in [0.15, 0.2) is 30.5 Å². The molecule has 2 rings (SSSR count). The zero-order valence-corrected chi connectivity index (χ0v) is 8.72. The van der Waals surface area contributed by atoms with E-state index in [1.165, 1.54) is 35.1 Å². The lowest BCUT2D eigenvalue weighted by atomic mass is 10.3. The van der Waals surface area contributed by atoms with Gasteiger partial charge in [0.2, 0.25) is 0 Å². The van der Waals surface area contributed by atoms with Gasteiger partial charge in [0.25, 0.3) is 5.91 Å². The maximum absolute atomic E-state index is 12.7. The van der Waals surface area contributed by atoms with Crippen molar-refractivity contribution in [2.75, 3.05) is 5.73 Å². The van der Waals surface area contributed by atoms with Crippen LogP contribution in [0.4, 0.5) is 10.2 Å². The Bertz CT molecular complexity index is 548. The first-order chi connectivity index (χ1) is 8.13. The van der Waals surface area contributed by atoms with Gasteiger partial charge in [-0.05, 0) is 24.3 Å². The molecule has 0 fully saturated rings. The minimum atomic E-state index is -0.532. The Balaban J connectivity index is 2.44. The molecule has 0 aliphatic heterocycles. The third-order valence-electron chi connectivity index (χ3n) is 2.25. The Hall–Kier alpha value is -2.41. The van der Waals surface area contributed by atoms with Gasteiger partial charge in [-0.1, -0.05) is 0 Å². The van der Waals surface area contributed by atoms with Gasteiger partial charge < -0.3 is 5.73 Å². The van der Waals surface area contributed by atoms with Crippen molar-refractivity contribution >= 4 is 11.7 Å². The topological polar surface area (TPSA) is 99.0 Å². The van der Waals surface area contributed by atoms with Gasteiger partial charge in [-0.2, -0.15) is 5.10 Å². The van der Waals surface area contributed by atoms with Gasteiger partial charge in [-0.25, -0.2) is 14.9 Å². The fourth-order valence-electron chi connectivity index (χ4n) is 1.40. The summed E-state index contributed by atoms with van der Waals surface area (Å²) in [5.41, 5.74) is 8.42. The van der Waals surface area contributed by atoms with E-state index in [-0.39, 0.29) is 17.2 Å². The van der Waals surface area contributed by atoms with Gasteiger partial charge in [0.05, 0.1) is 11.9 Å². The number of nitrogen functional groups attached to an aromatic ring is 2. The molecule has 0 aliphatic rings. The van der Waals surface area contributed by atoms with Crippen LogP contribution in [0.1, 0.15) is 10.4 Å². The first-order valence-electron chi connectivity index (χ1n) is 4.74. The highest BCUT2D eigenvalue weighted by molar-refractivity contribution is 5.98. The second kappa shape index (κ2) is 4.22. The number of nitrogens with one attached hydrogen (secondary N) is 1. The third-order valence-corrected chi connectivity index (χ3v) is 2.25. The molecule has 7 heteroatoms. The molecule has 0 saturated heterocycles. The standard InChI is InChI=1S/C10H10FN5O/c11-6-1-3-7(4-2-6)16-9(12)8(5-14-16)10(17)15-13/h1-5H,12-13H2,(H,15,17). The van der Waals surface area contributed by atoms with Gasteiger partial charge in [-0.3, -0.25) is 10.2 Å². The van der Waals surface area contributed by atoms with Crippen LogP contribution in [0.5, 0.6) is 0 Å². The smallest absolute Gasteiger partial charge is 0.270 e. The number of hydrogen-bond acceptors (Lipinski definition) is 4. The molecule has 1 aromatic carbocycles. The van der Waals surface area contributed by atoms with Crippen molar-refractivity contribution in [2.24, 2.45) is 5.84 Å². The van der Waals surface area contributed by atoms with E-state index in [0.29, 0.717) is 5.69 Å². The molecule has 1 aromatic heterocycles. The molecule has 5 N–H and O–H groups in total. The molecular weight excluding hydrogens is 225 g/mol. The lowest BCUT2D eigenvalue weighted by Crippen LogP contribution is -2.30. The molecule has 1 heterocycles. The van der Waals surface area contributed by atoms with Crippen LogP contribution in [0.25, 0.3) is 5.69 Å².